The Kier molecular flexibility index (Phi) is 3.06. The average Bonchev–Trinajstić information content (AvgIpc) is 2.95. The number of hydrogen-bond donors (Lipinski definition) is 0. The minimum absolute atomic E-state index is 0.872. The van der Waals surface area contributed by atoms with E-state index in [9.17, 15) is 0 Å². The van der Waals surface area contributed by atoms with Crippen molar-refractivity contribution in [2.75, 3.05) is 0 Å². The molecule has 2 heterocycles. The molecular formula is C14H16N4S. The van der Waals surface area contributed by atoms with Gasteiger partial charge in [-0.15, -0.1) is 10.2 Å². The predicted molar refractivity (Wildman–Crippen MR) is 77.6 cm³/mol. The first-order valence-electron chi connectivity index (χ1n) is 6.47. The number of hydrogen-bond acceptors (Lipinski definition) is 4. The standard InChI is InChI=1S/C14H16N4S/c1-4-5-12-15-16-14-18(12)17-13(19-14)11-7-6-9(2)10(3)8-11/h6-8H,4-5H2,1-3H3. The van der Waals surface area contributed by atoms with Crippen molar-refractivity contribution in [3.8, 4) is 10.6 Å². The highest BCUT2D eigenvalue weighted by Gasteiger charge is 2.12. The summed E-state index contributed by atoms with van der Waals surface area (Å²) in [6, 6.07) is 6.44. The van der Waals surface area contributed by atoms with E-state index in [0.29, 0.717) is 0 Å². The molecule has 0 aliphatic heterocycles. The maximum atomic E-state index is 4.64. The summed E-state index contributed by atoms with van der Waals surface area (Å²) in [5.74, 6) is 0.948. The van der Waals surface area contributed by atoms with Crippen LogP contribution in [0.25, 0.3) is 15.5 Å². The molecule has 19 heavy (non-hydrogen) atoms. The molecule has 3 aromatic rings. The van der Waals surface area contributed by atoms with Gasteiger partial charge in [0.2, 0.25) is 4.96 Å². The highest BCUT2D eigenvalue weighted by atomic mass is 32.1. The molecular weight excluding hydrogens is 256 g/mol. The minimum Gasteiger partial charge on any atom is -0.187 e. The van der Waals surface area contributed by atoms with Crippen LogP contribution in [0.5, 0.6) is 0 Å². The van der Waals surface area contributed by atoms with Crippen LogP contribution in [0.3, 0.4) is 0 Å². The zero-order chi connectivity index (χ0) is 13.4. The summed E-state index contributed by atoms with van der Waals surface area (Å²) < 4.78 is 1.87. The molecule has 3 rings (SSSR count). The van der Waals surface area contributed by atoms with Crippen molar-refractivity contribution < 1.29 is 0 Å². The van der Waals surface area contributed by atoms with E-state index in [1.165, 1.54) is 11.1 Å². The lowest BCUT2D eigenvalue weighted by Crippen LogP contribution is -1.95. The molecule has 0 saturated heterocycles. The van der Waals surface area contributed by atoms with Gasteiger partial charge in [0.1, 0.15) is 5.01 Å². The Balaban J connectivity index is 2.07. The highest BCUT2D eigenvalue weighted by Crippen LogP contribution is 2.27. The van der Waals surface area contributed by atoms with Gasteiger partial charge in [-0.05, 0) is 37.5 Å². The number of fused-ring (bicyclic) bond motifs is 1. The molecule has 2 aromatic heterocycles. The molecule has 0 N–H and O–H groups in total. The van der Waals surface area contributed by atoms with Crippen molar-refractivity contribution in [1.82, 2.24) is 19.8 Å². The Morgan fingerprint density at radius 2 is 2.00 bits per heavy atom. The maximum absolute atomic E-state index is 4.64. The average molecular weight is 272 g/mol. The molecule has 98 valence electrons. The molecule has 0 atom stereocenters. The summed E-state index contributed by atoms with van der Waals surface area (Å²) >= 11 is 1.59. The second kappa shape index (κ2) is 4.74. The van der Waals surface area contributed by atoms with E-state index in [0.717, 1.165) is 34.2 Å². The largest absolute Gasteiger partial charge is 0.234 e. The third-order valence-electron chi connectivity index (χ3n) is 3.28. The molecule has 0 aliphatic carbocycles. The quantitative estimate of drug-likeness (QED) is 0.733. The smallest absolute Gasteiger partial charge is 0.187 e. The van der Waals surface area contributed by atoms with Crippen molar-refractivity contribution in [1.29, 1.82) is 0 Å². The molecule has 4 nitrogen and oxygen atoms in total. The van der Waals surface area contributed by atoms with Gasteiger partial charge in [-0.25, -0.2) is 0 Å². The van der Waals surface area contributed by atoms with Gasteiger partial charge in [-0.2, -0.15) is 9.61 Å². The molecule has 0 bridgehead atoms. The predicted octanol–water partition coefficient (Wildman–Crippen LogP) is 3.42. The summed E-state index contributed by atoms with van der Waals surface area (Å²) in [7, 11) is 0. The fraction of sp³-hybridized carbons (Fsp3) is 0.357. The van der Waals surface area contributed by atoms with Crippen LogP contribution in [-0.4, -0.2) is 19.8 Å². The Bertz CT molecular complexity index is 726. The Hall–Kier alpha value is -1.75. The lowest BCUT2D eigenvalue weighted by atomic mass is 10.1. The maximum Gasteiger partial charge on any atom is 0.234 e. The van der Waals surface area contributed by atoms with E-state index in [-0.39, 0.29) is 0 Å². The van der Waals surface area contributed by atoms with Gasteiger partial charge in [0, 0.05) is 12.0 Å². The number of aromatic nitrogens is 4. The SMILES string of the molecule is CCCc1nnc2sc(-c3ccc(C)c(C)c3)nn12. The zero-order valence-electron chi connectivity index (χ0n) is 11.3. The zero-order valence-corrected chi connectivity index (χ0v) is 12.2. The Labute approximate surface area is 116 Å². The molecule has 0 saturated carbocycles. The van der Waals surface area contributed by atoms with E-state index in [4.69, 9.17) is 0 Å². The lowest BCUT2D eigenvalue weighted by molar-refractivity contribution is 0.778. The van der Waals surface area contributed by atoms with Crippen LogP contribution in [-0.2, 0) is 6.42 Å². The van der Waals surface area contributed by atoms with Crippen molar-refractivity contribution in [2.45, 2.75) is 33.6 Å². The molecule has 0 unspecified atom stereocenters. The van der Waals surface area contributed by atoms with Crippen LogP contribution in [0.4, 0.5) is 0 Å². The first kappa shape index (κ1) is 12.3. The van der Waals surface area contributed by atoms with Crippen LogP contribution >= 0.6 is 11.3 Å². The van der Waals surface area contributed by atoms with Crippen molar-refractivity contribution >= 4 is 16.3 Å². The third kappa shape index (κ3) is 2.14. The first-order valence-corrected chi connectivity index (χ1v) is 7.29. The summed E-state index contributed by atoms with van der Waals surface area (Å²) in [5, 5.41) is 14.0. The van der Waals surface area contributed by atoms with E-state index in [2.05, 4.69) is 54.3 Å². The van der Waals surface area contributed by atoms with Gasteiger partial charge < -0.3 is 0 Å². The highest BCUT2D eigenvalue weighted by molar-refractivity contribution is 7.19. The third-order valence-corrected chi connectivity index (χ3v) is 4.23. The van der Waals surface area contributed by atoms with Crippen LogP contribution in [0.1, 0.15) is 30.3 Å². The van der Waals surface area contributed by atoms with E-state index in [1.54, 1.807) is 11.3 Å². The van der Waals surface area contributed by atoms with Gasteiger partial charge in [-0.3, -0.25) is 0 Å². The fourth-order valence-corrected chi connectivity index (χ4v) is 2.88. The van der Waals surface area contributed by atoms with E-state index in [1.807, 2.05) is 4.52 Å². The van der Waals surface area contributed by atoms with Crippen molar-refractivity contribution in [3.63, 3.8) is 0 Å². The molecule has 0 fully saturated rings. The lowest BCUT2D eigenvalue weighted by Gasteiger charge is -2.01. The molecule has 0 aliphatic rings. The van der Waals surface area contributed by atoms with Gasteiger partial charge >= 0.3 is 0 Å². The normalized spacial score (nSPS) is 11.3. The number of nitrogens with zero attached hydrogens (tertiary/aromatic N) is 4. The summed E-state index contributed by atoms with van der Waals surface area (Å²) in [5.41, 5.74) is 3.75. The van der Waals surface area contributed by atoms with Crippen LogP contribution in [0.2, 0.25) is 0 Å². The molecule has 0 spiro atoms. The Morgan fingerprint density at radius 1 is 1.16 bits per heavy atom. The van der Waals surface area contributed by atoms with Crippen LogP contribution < -0.4 is 0 Å². The first-order chi connectivity index (χ1) is 9.19. The van der Waals surface area contributed by atoms with Crippen molar-refractivity contribution in [2.24, 2.45) is 0 Å². The second-order valence-electron chi connectivity index (χ2n) is 4.77. The topological polar surface area (TPSA) is 43.1 Å². The van der Waals surface area contributed by atoms with Gasteiger partial charge in [0.05, 0.1) is 0 Å². The van der Waals surface area contributed by atoms with E-state index < -0.39 is 0 Å². The summed E-state index contributed by atoms with van der Waals surface area (Å²) in [4.78, 5) is 0.872. The monoisotopic (exact) mass is 272 g/mol. The Morgan fingerprint density at radius 3 is 2.74 bits per heavy atom. The van der Waals surface area contributed by atoms with Crippen LogP contribution in [0.15, 0.2) is 18.2 Å². The molecule has 5 heteroatoms. The molecule has 0 radical (unpaired) electrons. The van der Waals surface area contributed by atoms with Crippen molar-refractivity contribution in [3.05, 3.63) is 35.2 Å². The fourth-order valence-electron chi connectivity index (χ4n) is 2.03. The number of aryl methyl sites for hydroxylation is 3. The number of benzene rings is 1. The van der Waals surface area contributed by atoms with Gasteiger partial charge in [0.15, 0.2) is 5.82 Å². The molecule has 1 aromatic carbocycles. The summed E-state index contributed by atoms with van der Waals surface area (Å²) in [6.45, 7) is 6.39. The van der Waals surface area contributed by atoms with Crippen LogP contribution in [0, 0.1) is 13.8 Å². The molecule has 0 amide bonds. The minimum atomic E-state index is 0.872. The summed E-state index contributed by atoms with van der Waals surface area (Å²) in [6.07, 6.45) is 1.97. The number of rotatable bonds is 3. The second-order valence-corrected chi connectivity index (χ2v) is 5.72. The van der Waals surface area contributed by atoms with Gasteiger partial charge in [-0.1, -0.05) is 30.4 Å². The van der Waals surface area contributed by atoms with Gasteiger partial charge in [0.25, 0.3) is 0 Å². The van der Waals surface area contributed by atoms with E-state index >= 15 is 0 Å².